The normalized spacial score (nSPS) is 14.8. The molecule has 3 aromatic rings. The summed E-state index contributed by atoms with van der Waals surface area (Å²) < 4.78 is 5.12. The SMILES string of the molecule is COc1ccc(Nc2nc3c(c(=O)[nH]2)C(C(=O)Nc2cc(Cl)ccc2C)CC(=O)N3)cc1. The Morgan fingerprint density at radius 3 is 2.66 bits per heavy atom. The number of benzene rings is 2. The highest BCUT2D eigenvalue weighted by Gasteiger charge is 2.35. The van der Waals surface area contributed by atoms with Crippen LogP contribution in [0.3, 0.4) is 0 Å². The van der Waals surface area contributed by atoms with Crippen LogP contribution in [0, 0.1) is 6.92 Å². The van der Waals surface area contributed by atoms with Crippen LogP contribution in [0.25, 0.3) is 0 Å². The Morgan fingerprint density at radius 1 is 1.19 bits per heavy atom. The molecule has 0 spiro atoms. The first-order chi connectivity index (χ1) is 15.3. The van der Waals surface area contributed by atoms with E-state index in [0.717, 1.165) is 5.56 Å². The molecule has 2 heterocycles. The van der Waals surface area contributed by atoms with E-state index in [9.17, 15) is 14.4 Å². The van der Waals surface area contributed by atoms with Crippen molar-refractivity contribution in [3.05, 3.63) is 69.0 Å². The molecule has 1 aliphatic heterocycles. The molecule has 32 heavy (non-hydrogen) atoms. The number of carbonyl (C=O) groups is 2. The van der Waals surface area contributed by atoms with Gasteiger partial charge in [0.05, 0.1) is 18.6 Å². The highest BCUT2D eigenvalue weighted by atomic mass is 35.5. The summed E-state index contributed by atoms with van der Waals surface area (Å²) in [6, 6.07) is 12.1. The van der Waals surface area contributed by atoms with Gasteiger partial charge in [0, 0.05) is 22.8 Å². The van der Waals surface area contributed by atoms with E-state index in [1.807, 2.05) is 6.92 Å². The number of amides is 2. The van der Waals surface area contributed by atoms with E-state index < -0.39 is 23.3 Å². The Balaban J connectivity index is 1.63. The van der Waals surface area contributed by atoms with E-state index in [1.165, 1.54) is 0 Å². The second kappa shape index (κ2) is 8.72. The number of methoxy groups -OCH3 is 1. The fourth-order valence-electron chi connectivity index (χ4n) is 3.41. The van der Waals surface area contributed by atoms with Crippen LogP contribution in [0.1, 0.15) is 23.5 Å². The van der Waals surface area contributed by atoms with Crippen LogP contribution in [0.2, 0.25) is 5.02 Å². The van der Waals surface area contributed by atoms with Crippen molar-refractivity contribution in [3.63, 3.8) is 0 Å². The van der Waals surface area contributed by atoms with E-state index in [1.54, 1.807) is 49.6 Å². The van der Waals surface area contributed by atoms with Crippen molar-refractivity contribution in [1.82, 2.24) is 9.97 Å². The Labute approximate surface area is 188 Å². The van der Waals surface area contributed by atoms with Crippen molar-refractivity contribution >= 4 is 46.6 Å². The third-order valence-corrected chi connectivity index (χ3v) is 5.31. The highest BCUT2D eigenvalue weighted by Crippen LogP contribution is 2.31. The molecule has 1 aliphatic rings. The summed E-state index contributed by atoms with van der Waals surface area (Å²) in [5.74, 6) is -1.04. The van der Waals surface area contributed by atoms with Gasteiger partial charge in [-0.3, -0.25) is 19.4 Å². The minimum Gasteiger partial charge on any atom is -0.497 e. The summed E-state index contributed by atoms with van der Waals surface area (Å²) in [7, 11) is 1.56. The molecule has 10 heteroatoms. The van der Waals surface area contributed by atoms with Gasteiger partial charge >= 0.3 is 0 Å². The lowest BCUT2D eigenvalue weighted by atomic mass is 9.92. The molecular weight excluding hydrogens is 434 g/mol. The van der Waals surface area contributed by atoms with Gasteiger partial charge in [0.1, 0.15) is 11.6 Å². The molecule has 4 rings (SSSR count). The maximum atomic E-state index is 13.0. The topological polar surface area (TPSA) is 125 Å². The summed E-state index contributed by atoms with van der Waals surface area (Å²) in [4.78, 5) is 45.1. The number of aromatic amines is 1. The first kappa shape index (κ1) is 21.4. The zero-order chi connectivity index (χ0) is 22.8. The van der Waals surface area contributed by atoms with Gasteiger partial charge in [0.25, 0.3) is 5.56 Å². The third kappa shape index (κ3) is 4.42. The summed E-state index contributed by atoms with van der Waals surface area (Å²) in [5, 5.41) is 8.78. The molecule has 0 fully saturated rings. The summed E-state index contributed by atoms with van der Waals surface area (Å²) in [5.41, 5.74) is 1.55. The van der Waals surface area contributed by atoms with Crippen molar-refractivity contribution in [2.24, 2.45) is 0 Å². The number of ether oxygens (including phenoxy) is 1. The molecule has 0 saturated carbocycles. The van der Waals surface area contributed by atoms with E-state index >= 15 is 0 Å². The molecule has 4 N–H and O–H groups in total. The third-order valence-electron chi connectivity index (χ3n) is 5.08. The van der Waals surface area contributed by atoms with E-state index in [2.05, 4.69) is 25.9 Å². The monoisotopic (exact) mass is 453 g/mol. The number of fused-ring (bicyclic) bond motifs is 1. The number of aryl methyl sites for hydroxylation is 1. The first-order valence-corrected chi connectivity index (χ1v) is 10.1. The molecule has 164 valence electrons. The van der Waals surface area contributed by atoms with Gasteiger partial charge in [0.2, 0.25) is 17.8 Å². The van der Waals surface area contributed by atoms with Gasteiger partial charge in [0.15, 0.2) is 0 Å². The number of nitrogens with one attached hydrogen (secondary N) is 4. The fourth-order valence-corrected chi connectivity index (χ4v) is 3.59. The lowest BCUT2D eigenvalue weighted by Gasteiger charge is -2.24. The van der Waals surface area contributed by atoms with Gasteiger partial charge in [-0.2, -0.15) is 4.98 Å². The van der Waals surface area contributed by atoms with Gasteiger partial charge in [-0.05, 0) is 48.9 Å². The van der Waals surface area contributed by atoms with Crippen molar-refractivity contribution in [1.29, 1.82) is 0 Å². The van der Waals surface area contributed by atoms with E-state index in [-0.39, 0.29) is 23.8 Å². The Hall–Kier alpha value is -3.85. The first-order valence-electron chi connectivity index (χ1n) is 9.76. The molecule has 2 aromatic carbocycles. The molecule has 1 unspecified atom stereocenters. The minimum absolute atomic E-state index is 0.0453. The van der Waals surface area contributed by atoms with Crippen molar-refractivity contribution < 1.29 is 14.3 Å². The van der Waals surface area contributed by atoms with E-state index in [4.69, 9.17) is 16.3 Å². The standard InChI is InChI=1S/C22H20ClN5O4/c1-11-3-4-12(23)9-16(11)25-20(30)15-10-17(29)26-19-18(15)21(31)28-22(27-19)24-13-5-7-14(32-2)8-6-13/h3-9,15H,10H2,1-2H3,(H,25,30)(H3,24,26,27,28,29,31). The number of anilines is 4. The lowest BCUT2D eigenvalue weighted by molar-refractivity contribution is -0.123. The second-order valence-corrected chi connectivity index (χ2v) is 7.72. The van der Waals surface area contributed by atoms with Crippen molar-refractivity contribution in [2.75, 3.05) is 23.1 Å². The average molecular weight is 454 g/mol. The second-order valence-electron chi connectivity index (χ2n) is 7.28. The number of hydrogen-bond donors (Lipinski definition) is 4. The largest absolute Gasteiger partial charge is 0.497 e. The maximum absolute atomic E-state index is 13.0. The van der Waals surface area contributed by atoms with Gasteiger partial charge in [-0.15, -0.1) is 0 Å². The number of halogens is 1. The predicted octanol–water partition coefficient (Wildman–Crippen LogP) is 3.55. The quantitative estimate of drug-likeness (QED) is 0.468. The minimum atomic E-state index is -0.997. The number of rotatable bonds is 5. The van der Waals surface area contributed by atoms with Crippen LogP contribution in [-0.2, 0) is 9.59 Å². The number of aromatic nitrogens is 2. The van der Waals surface area contributed by atoms with Gasteiger partial charge in [-0.25, -0.2) is 0 Å². The average Bonchev–Trinajstić information content (AvgIpc) is 2.76. The van der Waals surface area contributed by atoms with Crippen LogP contribution in [-0.4, -0.2) is 28.9 Å². The lowest BCUT2D eigenvalue weighted by Crippen LogP contribution is -2.36. The summed E-state index contributed by atoms with van der Waals surface area (Å²) in [6.07, 6.45) is -0.172. The smallest absolute Gasteiger partial charge is 0.258 e. The van der Waals surface area contributed by atoms with Crippen molar-refractivity contribution in [2.45, 2.75) is 19.3 Å². The van der Waals surface area contributed by atoms with Gasteiger partial charge < -0.3 is 20.7 Å². The maximum Gasteiger partial charge on any atom is 0.258 e. The molecule has 1 aromatic heterocycles. The van der Waals surface area contributed by atoms with E-state index in [0.29, 0.717) is 22.1 Å². The summed E-state index contributed by atoms with van der Waals surface area (Å²) in [6.45, 7) is 1.82. The van der Waals surface area contributed by atoms with Crippen LogP contribution in [0.4, 0.5) is 23.1 Å². The fraction of sp³-hybridized carbons (Fsp3) is 0.182. The molecule has 0 aliphatic carbocycles. The zero-order valence-electron chi connectivity index (χ0n) is 17.3. The predicted molar refractivity (Wildman–Crippen MR) is 122 cm³/mol. The number of hydrogen-bond acceptors (Lipinski definition) is 6. The summed E-state index contributed by atoms with van der Waals surface area (Å²) >= 11 is 6.02. The molecule has 2 amide bonds. The zero-order valence-corrected chi connectivity index (χ0v) is 18.0. The Kier molecular flexibility index (Phi) is 5.83. The molecule has 9 nitrogen and oxygen atoms in total. The van der Waals surface area contributed by atoms with Crippen molar-refractivity contribution in [3.8, 4) is 5.75 Å². The van der Waals surface area contributed by atoms with Crippen LogP contribution >= 0.6 is 11.6 Å². The Bertz CT molecular complexity index is 1260. The Morgan fingerprint density at radius 2 is 1.94 bits per heavy atom. The van der Waals surface area contributed by atoms with Crippen LogP contribution in [0.15, 0.2) is 47.3 Å². The molecular formula is C22H20ClN5O4. The molecule has 1 atom stereocenters. The molecule has 0 saturated heterocycles. The van der Waals surface area contributed by atoms with Crippen LogP contribution < -0.4 is 26.2 Å². The molecule has 0 radical (unpaired) electrons. The van der Waals surface area contributed by atoms with Gasteiger partial charge in [-0.1, -0.05) is 17.7 Å². The molecule has 0 bridgehead atoms. The van der Waals surface area contributed by atoms with Crippen LogP contribution in [0.5, 0.6) is 5.75 Å². The number of H-pyrrole nitrogens is 1. The number of nitrogens with zero attached hydrogens (tertiary/aromatic N) is 1. The highest BCUT2D eigenvalue weighted by molar-refractivity contribution is 6.31. The number of carbonyl (C=O) groups excluding carboxylic acids is 2.